The van der Waals surface area contributed by atoms with E-state index in [4.69, 9.17) is 9.26 Å². The van der Waals surface area contributed by atoms with Crippen molar-refractivity contribution in [2.75, 3.05) is 19.7 Å². The number of ether oxygens (including phenoxy) is 1. The Labute approximate surface area is 145 Å². The Bertz CT molecular complexity index is 767. The minimum Gasteiger partial charge on any atom is -0.368 e. The fourth-order valence-electron chi connectivity index (χ4n) is 3.61. The van der Waals surface area contributed by atoms with Crippen molar-refractivity contribution < 1.29 is 9.26 Å². The second kappa shape index (κ2) is 7.09. The highest BCUT2D eigenvalue weighted by Crippen LogP contribution is 2.27. The van der Waals surface area contributed by atoms with Gasteiger partial charge in [-0.25, -0.2) is 9.48 Å². The van der Waals surface area contributed by atoms with Crippen LogP contribution < -0.4 is 11.0 Å². The van der Waals surface area contributed by atoms with Crippen LogP contribution in [0.5, 0.6) is 0 Å². The minimum atomic E-state index is -0.114. The quantitative estimate of drug-likeness (QED) is 0.853. The van der Waals surface area contributed by atoms with Crippen molar-refractivity contribution in [1.29, 1.82) is 0 Å². The van der Waals surface area contributed by atoms with E-state index in [0.717, 1.165) is 51.2 Å². The smallest absolute Gasteiger partial charge is 0.346 e. The zero-order valence-electron chi connectivity index (χ0n) is 14.5. The molecule has 0 saturated carbocycles. The minimum absolute atomic E-state index is 0.112. The lowest BCUT2D eigenvalue weighted by Crippen LogP contribution is -2.29. The highest BCUT2D eigenvalue weighted by molar-refractivity contribution is 5.01. The van der Waals surface area contributed by atoms with Crippen molar-refractivity contribution in [1.82, 2.24) is 29.8 Å². The third-order valence-corrected chi connectivity index (χ3v) is 4.95. The first-order valence-corrected chi connectivity index (χ1v) is 9.08. The predicted octanol–water partition coefficient (Wildman–Crippen LogP) is 0.814. The van der Waals surface area contributed by atoms with Crippen LogP contribution in [0, 0.1) is 0 Å². The van der Waals surface area contributed by atoms with Gasteiger partial charge in [-0.05, 0) is 45.7 Å². The van der Waals surface area contributed by atoms with Gasteiger partial charge in [0.15, 0.2) is 5.82 Å². The summed E-state index contributed by atoms with van der Waals surface area (Å²) >= 11 is 0. The van der Waals surface area contributed by atoms with Crippen molar-refractivity contribution >= 4 is 0 Å². The first-order chi connectivity index (χ1) is 12.3. The first-order valence-electron chi connectivity index (χ1n) is 9.08. The van der Waals surface area contributed by atoms with E-state index in [0.29, 0.717) is 24.2 Å². The summed E-state index contributed by atoms with van der Waals surface area (Å²) in [6.45, 7) is 5.46. The van der Waals surface area contributed by atoms with Crippen LogP contribution in [0.25, 0.3) is 0 Å². The topological polar surface area (TPSA) is 100 Å². The predicted molar refractivity (Wildman–Crippen MR) is 88.3 cm³/mol. The lowest BCUT2D eigenvalue weighted by atomic mass is 9.97. The van der Waals surface area contributed by atoms with Gasteiger partial charge in [0, 0.05) is 19.1 Å². The van der Waals surface area contributed by atoms with E-state index < -0.39 is 0 Å². The number of hydrogen-bond acceptors (Lipinski definition) is 7. The molecule has 2 saturated heterocycles. The number of rotatable bonds is 5. The van der Waals surface area contributed by atoms with Crippen LogP contribution in [-0.4, -0.2) is 44.2 Å². The van der Waals surface area contributed by atoms with Gasteiger partial charge in [0.05, 0.1) is 0 Å². The van der Waals surface area contributed by atoms with Gasteiger partial charge in [0.1, 0.15) is 18.5 Å². The van der Waals surface area contributed by atoms with Crippen LogP contribution in [0.1, 0.15) is 62.2 Å². The summed E-state index contributed by atoms with van der Waals surface area (Å²) in [5, 5.41) is 11.9. The lowest BCUT2D eigenvalue weighted by Gasteiger charge is -2.21. The van der Waals surface area contributed by atoms with E-state index in [2.05, 4.69) is 20.6 Å². The Morgan fingerprint density at radius 1 is 1.28 bits per heavy atom. The second-order valence-corrected chi connectivity index (χ2v) is 6.62. The summed E-state index contributed by atoms with van der Waals surface area (Å²) in [6, 6.07) is 0. The molecule has 0 bridgehead atoms. The zero-order chi connectivity index (χ0) is 17.2. The Morgan fingerprint density at radius 2 is 2.12 bits per heavy atom. The number of aromatic nitrogens is 5. The Hall–Kier alpha value is -2.00. The van der Waals surface area contributed by atoms with E-state index >= 15 is 0 Å². The molecular weight excluding hydrogens is 324 g/mol. The molecule has 25 heavy (non-hydrogen) atoms. The summed E-state index contributed by atoms with van der Waals surface area (Å²) in [6.07, 6.45) is 3.79. The van der Waals surface area contributed by atoms with E-state index in [1.54, 1.807) is 4.57 Å². The lowest BCUT2D eigenvalue weighted by molar-refractivity contribution is 0.0835. The van der Waals surface area contributed by atoms with Crippen LogP contribution in [-0.2, 0) is 17.8 Å². The third kappa shape index (κ3) is 3.25. The van der Waals surface area contributed by atoms with Crippen LogP contribution in [0.2, 0.25) is 0 Å². The fraction of sp³-hybridized carbons (Fsp3) is 0.750. The van der Waals surface area contributed by atoms with Crippen molar-refractivity contribution in [3.05, 3.63) is 28.0 Å². The molecule has 0 radical (unpaired) electrons. The van der Waals surface area contributed by atoms with Crippen molar-refractivity contribution in [2.45, 2.75) is 57.7 Å². The van der Waals surface area contributed by atoms with Gasteiger partial charge in [-0.3, -0.25) is 4.57 Å². The molecule has 0 unspecified atom stereocenters. The zero-order valence-corrected chi connectivity index (χ0v) is 14.5. The molecule has 2 aromatic rings. The van der Waals surface area contributed by atoms with Gasteiger partial charge in [0.2, 0.25) is 0 Å². The number of piperidine rings is 1. The molecule has 4 rings (SSSR count). The van der Waals surface area contributed by atoms with E-state index in [9.17, 15) is 4.79 Å². The Kier molecular flexibility index (Phi) is 4.67. The normalized spacial score (nSPS) is 21.9. The standard InChI is InChI=1S/C16H24N6O3/c1-2-21-14(11-5-7-17-8-6-11)19-22(16(21)23)10-13-18-15(25-20-13)12-4-3-9-24-12/h11-12,17H,2-10H2,1H3/t12-/m0/s1. The van der Waals surface area contributed by atoms with Gasteiger partial charge in [-0.15, -0.1) is 0 Å². The first kappa shape index (κ1) is 16.5. The molecule has 2 aromatic heterocycles. The molecule has 2 aliphatic heterocycles. The molecule has 4 heterocycles. The molecule has 0 aromatic carbocycles. The summed E-state index contributed by atoms with van der Waals surface area (Å²) < 4.78 is 14.1. The Balaban J connectivity index is 1.56. The highest BCUT2D eigenvalue weighted by Gasteiger charge is 2.26. The monoisotopic (exact) mass is 348 g/mol. The molecule has 0 spiro atoms. The van der Waals surface area contributed by atoms with E-state index in [1.807, 2.05) is 6.92 Å². The maximum absolute atomic E-state index is 12.7. The maximum Gasteiger partial charge on any atom is 0.346 e. The van der Waals surface area contributed by atoms with Crippen LogP contribution in [0.4, 0.5) is 0 Å². The summed E-state index contributed by atoms with van der Waals surface area (Å²) in [5.41, 5.74) is -0.112. The van der Waals surface area contributed by atoms with Crippen molar-refractivity contribution in [3.8, 4) is 0 Å². The van der Waals surface area contributed by atoms with Crippen molar-refractivity contribution in [3.63, 3.8) is 0 Å². The number of nitrogens with one attached hydrogen (secondary N) is 1. The summed E-state index contributed by atoms with van der Waals surface area (Å²) in [4.78, 5) is 17.1. The molecule has 9 heteroatoms. The van der Waals surface area contributed by atoms with E-state index in [1.165, 1.54) is 4.68 Å². The molecule has 136 valence electrons. The maximum atomic E-state index is 12.7. The third-order valence-electron chi connectivity index (χ3n) is 4.95. The van der Waals surface area contributed by atoms with Crippen molar-refractivity contribution in [2.24, 2.45) is 0 Å². The summed E-state index contributed by atoms with van der Waals surface area (Å²) in [5.74, 6) is 2.15. The number of nitrogens with zero attached hydrogens (tertiary/aromatic N) is 5. The number of hydrogen-bond donors (Lipinski definition) is 1. The molecule has 9 nitrogen and oxygen atoms in total. The molecule has 0 aliphatic carbocycles. The van der Waals surface area contributed by atoms with E-state index in [-0.39, 0.29) is 18.3 Å². The fourth-order valence-corrected chi connectivity index (χ4v) is 3.61. The summed E-state index contributed by atoms with van der Waals surface area (Å²) in [7, 11) is 0. The van der Waals surface area contributed by atoms with Gasteiger partial charge in [0.25, 0.3) is 5.89 Å². The Morgan fingerprint density at radius 3 is 2.84 bits per heavy atom. The molecule has 1 N–H and O–H groups in total. The molecule has 0 amide bonds. The van der Waals surface area contributed by atoms with Gasteiger partial charge in [-0.1, -0.05) is 5.16 Å². The van der Waals surface area contributed by atoms with Crippen LogP contribution >= 0.6 is 0 Å². The van der Waals surface area contributed by atoms with Gasteiger partial charge < -0.3 is 14.6 Å². The van der Waals surface area contributed by atoms with Crippen LogP contribution in [0.15, 0.2) is 9.32 Å². The average Bonchev–Trinajstić information content (AvgIpc) is 3.37. The second-order valence-electron chi connectivity index (χ2n) is 6.62. The average molecular weight is 348 g/mol. The van der Waals surface area contributed by atoms with Gasteiger partial charge >= 0.3 is 5.69 Å². The largest absolute Gasteiger partial charge is 0.368 e. The molecule has 1 atom stereocenters. The highest BCUT2D eigenvalue weighted by atomic mass is 16.5. The molecular formula is C16H24N6O3. The molecule has 2 fully saturated rings. The van der Waals surface area contributed by atoms with Crippen LogP contribution in [0.3, 0.4) is 0 Å². The SMILES string of the molecule is CCn1c(C2CCNCC2)nn(Cc2noc([C@@H]3CCCO3)n2)c1=O. The van der Waals surface area contributed by atoms with Gasteiger partial charge in [-0.2, -0.15) is 10.1 Å². The molecule has 2 aliphatic rings.